The molecular weight excluding hydrogens is 560 g/mol. The lowest BCUT2D eigenvalue weighted by atomic mass is 9.85. The number of carbonyl (C=O) groups is 5. The lowest BCUT2D eigenvalue weighted by molar-refractivity contribution is -0.139. The van der Waals surface area contributed by atoms with Crippen LogP contribution in [0.25, 0.3) is 0 Å². The molecule has 1 aliphatic heterocycles. The average Bonchev–Trinajstić information content (AvgIpc) is 3.71. The van der Waals surface area contributed by atoms with Crippen LogP contribution in [0, 0.1) is 5.92 Å². The standard InChI is InChI=1S/C27H38N10O6/c1-15(22(38)23(28)39)30-25(41)20-11-17(37-21(12-29-33-37)27(2,3)43)13-36(20)26(42)18(10-16-8-6-5-7-9-16)31-24(40)19-14-35(4)34-32-19/h12,14-17,20,43H,5-11,13H2,1-4H3,(H2,28,39)(H,30,41)/t15?,17-,20-/m0/s1. The summed E-state index contributed by atoms with van der Waals surface area (Å²) in [6.07, 6.45) is 7.93. The highest BCUT2D eigenvalue weighted by atomic mass is 16.3. The molecule has 16 heteroatoms. The summed E-state index contributed by atoms with van der Waals surface area (Å²) < 4.78 is 2.82. The van der Waals surface area contributed by atoms with Gasteiger partial charge in [0, 0.05) is 20.0 Å². The van der Waals surface area contributed by atoms with Crippen molar-refractivity contribution in [3.63, 3.8) is 0 Å². The molecule has 1 saturated heterocycles. The minimum Gasteiger partial charge on any atom is -0.384 e. The second-order valence-electron chi connectivity index (χ2n) is 11.8. The quantitative estimate of drug-likeness (QED) is 0.237. The van der Waals surface area contributed by atoms with E-state index in [1.807, 2.05) is 0 Å². The van der Waals surface area contributed by atoms with Crippen LogP contribution in [0.2, 0.25) is 0 Å². The van der Waals surface area contributed by atoms with Crippen molar-refractivity contribution in [2.24, 2.45) is 23.7 Å². The minimum absolute atomic E-state index is 0.0106. The molecule has 0 radical (unpaired) electrons. The number of likely N-dealkylation sites (tertiary alicyclic amines) is 1. The van der Waals surface area contributed by atoms with Gasteiger partial charge in [-0.3, -0.25) is 28.7 Å². The molecule has 4 rings (SSSR count). The van der Waals surface area contributed by atoms with Crippen molar-refractivity contribution in [1.82, 2.24) is 40.2 Å². The van der Waals surface area contributed by atoms with Gasteiger partial charge < -0.3 is 21.1 Å². The number of hydrogen-bond acceptors (Lipinski definition) is 10. The van der Waals surface area contributed by atoms with Crippen LogP contribution >= 0.6 is 0 Å². The highest BCUT2D eigenvalue weighted by Gasteiger charge is 2.44. The molecule has 43 heavy (non-hydrogen) atoms. The van der Waals surface area contributed by atoms with Crippen molar-refractivity contribution < 1.29 is 29.1 Å². The Bertz CT molecular complexity index is 1420. The first-order chi connectivity index (χ1) is 20.3. The summed E-state index contributed by atoms with van der Waals surface area (Å²) in [5, 5.41) is 28.8. The van der Waals surface area contributed by atoms with Crippen LogP contribution in [-0.2, 0) is 31.8 Å². The summed E-state index contributed by atoms with van der Waals surface area (Å²) in [5.41, 5.74) is 4.12. The molecule has 3 atom stereocenters. The topological polar surface area (TPSA) is 221 Å². The number of hydrogen-bond donors (Lipinski definition) is 3. The smallest absolute Gasteiger partial charge is 0.299 e. The van der Waals surface area contributed by atoms with Crippen molar-refractivity contribution in [2.75, 3.05) is 6.54 Å². The van der Waals surface area contributed by atoms with Crippen LogP contribution in [0.5, 0.6) is 0 Å². The number of nitrogens with two attached hydrogens (primary N) is 1. The second kappa shape index (κ2) is 12.9. The zero-order chi connectivity index (χ0) is 31.5. The third-order valence-electron chi connectivity index (χ3n) is 7.90. The van der Waals surface area contributed by atoms with Gasteiger partial charge in [0.15, 0.2) is 5.69 Å². The maximum atomic E-state index is 14.2. The number of nitrogens with one attached hydrogen (secondary N) is 1. The molecule has 1 aliphatic carbocycles. The average molecular weight is 599 g/mol. The van der Waals surface area contributed by atoms with Gasteiger partial charge in [-0.15, -0.1) is 10.2 Å². The van der Waals surface area contributed by atoms with Gasteiger partial charge in [-0.2, -0.15) is 0 Å². The Labute approximate surface area is 248 Å². The summed E-state index contributed by atoms with van der Waals surface area (Å²) >= 11 is 0. The van der Waals surface area contributed by atoms with E-state index in [1.54, 1.807) is 20.9 Å². The predicted molar refractivity (Wildman–Crippen MR) is 150 cm³/mol. The Morgan fingerprint density at radius 1 is 1.16 bits per heavy atom. The van der Waals surface area contributed by atoms with Gasteiger partial charge in [-0.25, -0.2) is 9.67 Å². The van der Waals surface area contributed by atoms with Crippen LogP contribution < -0.4 is 11.1 Å². The third kappa shape index (κ3) is 7.36. The Kier molecular flexibility index (Phi) is 9.47. The molecule has 0 bridgehead atoms. The fourth-order valence-corrected chi connectivity index (χ4v) is 5.64. The SMILES string of the molecule is CC(NC(=O)[C@@H]1C[C@H](n2nncc2C(C)(C)O)CN1C(=O)C(CC1CCCCC1)=NC(=O)c1cn(C)nn1)C(=O)C(N)=O. The highest BCUT2D eigenvalue weighted by molar-refractivity contribution is 6.41. The van der Waals surface area contributed by atoms with E-state index in [4.69, 9.17) is 5.73 Å². The van der Waals surface area contributed by atoms with Crippen LogP contribution in [0.3, 0.4) is 0 Å². The van der Waals surface area contributed by atoms with Gasteiger partial charge >= 0.3 is 0 Å². The number of aliphatic imine (C=N–C) groups is 1. The number of primary amides is 1. The highest BCUT2D eigenvalue weighted by Crippen LogP contribution is 2.33. The van der Waals surface area contributed by atoms with Crippen LogP contribution in [0.4, 0.5) is 0 Å². The van der Waals surface area contributed by atoms with E-state index in [9.17, 15) is 29.1 Å². The van der Waals surface area contributed by atoms with Gasteiger partial charge in [0.25, 0.3) is 17.7 Å². The van der Waals surface area contributed by atoms with E-state index in [2.05, 4.69) is 30.9 Å². The largest absolute Gasteiger partial charge is 0.384 e. The number of amides is 4. The van der Waals surface area contributed by atoms with Crippen molar-refractivity contribution in [3.8, 4) is 0 Å². The second-order valence-corrected chi connectivity index (χ2v) is 11.8. The Hall–Kier alpha value is -4.34. The zero-order valence-electron chi connectivity index (χ0n) is 24.8. The van der Waals surface area contributed by atoms with E-state index in [-0.39, 0.29) is 36.7 Å². The molecule has 232 valence electrons. The fraction of sp³-hybridized carbons (Fsp3) is 0.630. The van der Waals surface area contributed by atoms with Gasteiger partial charge in [0.05, 0.1) is 30.2 Å². The molecule has 1 unspecified atom stereocenters. The number of aliphatic hydroxyl groups is 1. The molecule has 3 heterocycles. The summed E-state index contributed by atoms with van der Waals surface area (Å²) in [6.45, 7) is 4.43. The lowest BCUT2D eigenvalue weighted by Crippen LogP contribution is -2.52. The van der Waals surface area contributed by atoms with E-state index >= 15 is 0 Å². The molecule has 4 N–H and O–H groups in total. The van der Waals surface area contributed by atoms with Gasteiger partial charge in [0.1, 0.15) is 17.4 Å². The summed E-state index contributed by atoms with van der Waals surface area (Å²) in [5.74, 6) is -4.11. The maximum Gasteiger partial charge on any atom is 0.299 e. The number of rotatable bonds is 10. The Morgan fingerprint density at radius 2 is 1.86 bits per heavy atom. The van der Waals surface area contributed by atoms with Crippen LogP contribution in [-0.4, -0.2) is 93.7 Å². The molecule has 2 aromatic heterocycles. The molecule has 1 saturated carbocycles. The number of aryl methyl sites for hydroxylation is 1. The summed E-state index contributed by atoms with van der Waals surface area (Å²) in [7, 11) is 1.60. The number of Topliss-reactive ketones (excluding diaryl/α,β-unsaturated/α-hetero) is 1. The molecule has 2 aliphatic rings. The maximum absolute atomic E-state index is 14.2. The Morgan fingerprint density at radius 3 is 2.47 bits per heavy atom. The first kappa shape index (κ1) is 31.6. The number of aromatic nitrogens is 6. The number of nitrogens with zero attached hydrogens (tertiary/aromatic N) is 8. The monoisotopic (exact) mass is 598 g/mol. The van der Waals surface area contributed by atoms with Gasteiger partial charge in [0.2, 0.25) is 11.7 Å². The molecule has 2 fully saturated rings. The fourth-order valence-electron chi connectivity index (χ4n) is 5.64. The predicted octanol–water partition coefficient (Wildman–Crippen LogP) is -0.413. The van der Waals surface area contributed by atoms with Crippen molar-refractivity contribution in [1.29, 1.82) is 0 Å². The normalized spacial score (nSPS) is 20.6. The van der Waals surface area contributed by atoms with E-state index < -0.39 is 53.1 Å². The molecule has 16 nitrogen and oxygen atoms in total. The number of carbonyl (C=O) groups excluding carboxylic acids is 5. The van der Waals surface area contributed by atoms with Gasteiger partial charge in [-0.05, 0) is 33.1 Å². The number of ketones is 1. The molecular formula is C27H38N10O6. The van der Waals surface area contributed by atoms with E-state index in [0.29, 0.717) is 5.69 Å². The molecule has 0 spiro atoms. The molecule has 2 aromatic rings. The first-order valence-corrected chi connectivity index (χ1v) is 14.3. The third-order valence-corrected chi connectivity index (χ3v) is 7.90. The van der Waals surface area contributed by atoms with E-state index in [1.165, 1.54) is 33.6 Å². The van der Waals surface area contributed by atoms with Gasteiger partial charge in [-0.1, -0.05) is 42.5 Å². The lowest BCUT2D eigenvalue weighted by Gasteiger charge is -2.27. The van der Waals surface area contributed by atoms with Crippen molar-refractivity contribution >= 4 is 35.1 Å². The molecule has 4 amide bonds. The van der Waals surface area contributed by atoms with Crippen LogP contribution in [0.1, 0.15) is 87.9 Å². The zero-order valence-corrected chi connectivity index (χ0v) is 24.8. The van der Waals surface area contributed by atoms with Crippen molar-refractivity contribution in [3.05, 3.63) is 23.8 Å². The summed E-state index contributed by atoms with van der Waals surface area (Å²) in [6, 6.07) is -2.94. The van der Waals surface area contributed by atoms with Crippen molar-refractivity contribution in [2.45, 2.75) is 89.4 Å². The van der Waals surface area contributed by atoms with E-state index in [0.717, 1.165) is 32.1 Å². The molecule has 0 aromatic carbocycles. The summed E-state index contributed by atoms with van der Waals surface area (Å²) in [4.78, 5) is 69.8. The van der Waals surface area contributed by atoms with Crippen LogP contribution in [0.15, 0.2) is 17.4 Å². The first-order valence-electron chi connectivity index (χ1n) is 14.3. The minimum atomic E-state index is -1.32. The Balaban J connectivity index is 1.69.